The summed E-state index contributed by atoms with van der Waals surface area (Å²) in [6, 6.07) is 4.01. The van der Waals surface area contributed by atoms with Gasteiger partial charge in [-0.2, -0.15) is 0 Å². The first-order valence-corrected chi connectivity index (χ1v) is 8.22. The molecule has 7 nitrogen and oxygen atoms in total. The van der Waals surface area contributed by atoms with E-state index in [1.165, 1.54) is 12.7 Å². The number of aromatic nitrogens is 2. The van der Waals surface area contributed by atoms with Crippen molar-refractivity contribution in [3.05, 3.63) is 30.0 Å². The summed E-state index contributed by atoms with van der Waals surface area (Å²) < 4.78 is 10.9. The lowest BCUT2D eigenvalue weighted by Gasteiger charge is -2.32. The first-order chi connectivity index (χ1) is 11.3. The quantitative estimate of drug-likeness (QED) is 0.933. The van der Waals surface area contributed by atoms with Gasteiger partial charge in [0.05, 0.1) is 6.26 Å². The number of rotatable bonds is 4. The van der Waals surface area contributed by atoms with Crippen LogP contribution >= 0.6 is 0 Å². The standard InChI is InChI=1S/C16H20N4O3/c21-15(13-7-3-9-22-13)20-8-2-6-12(10-20)17-16-19-18-14(23-16)11-4-1-5-11/h3,7,9,11-12H,1-2,4-6,8,10H2,(H,17,19)/t12-/m0/s1. The Labute approximate surface area is 134 Å². The van der Waals surface area contributed by atoms with Crippen molar-refractivity contribution < 1.29 is 13.6 Å². The van der Waals surface area contributed by atoms with Gasteiger partial charge in [0.25, 0.3) is 5.91 Å². The molecule has 7 heteroatoms. The lowest BCUT2D eigenvalue weighted by molar-refractivity contribution is 0.0682. The highest BCUT2D eigenvalue weighted by Crippen LogP contribution is 2.36. The minimum atomic E-state index is -0.0674. The Balaban J connectivity index is 1.37. The summed E-state index contributed by atoms with van der Waals surface area (Å²) in [5, 5.41) is 11.5. The van der Waals surface area contributed by atoms with Crippen molar-refractivity contribution in [2.24, 2.45) is 0 Å². The average Bonchev–Trinajstić information content (AvgIpc) is 3.17. The van der Waals surface area contributed by atoms with Crippen molar-refractivity contribution in [3.8, 4) is 0 Å². The molecule has 23 heavy (non-hydrogen) atoms. The molecule has 2 aromatic heterocycles. The summed E-state index contributed by atoms with van der Waals surface area (Å²) in [4.78, 5) is 14.2. The summed E-state index contributed by atoms with van der Waals surface area (Å²) in [5.41, 5.74) is 0. The molecule has 0 aromatic carbocycles. The minimum Gasteiger partial charge on any atom is -0.459 e. The topological polar surface area (TPSA) is 84.4 Å². The van der Waals surface area contributed by atoms with Crippen molar-refractivity contribution in [2.45, 2.75) is 44.1 Å². The molecular formula is C16H20N4O3. The molecule has 2 aromatic rings. The summed E-state index contributed by atoms with van der Waals surface area (Å²) in [5.74, 6) is 1.48. The molecule has 0 bridgehead atoms. The summed E-state index contributed by atoms with van der Waals surface area (Å²) >= 11 is 0. The van der Waals surface area contributed by atoms with Gasteiger partial charge in [0, 0.05) is 25.0 Å². The van der Waals surface area contributed by atoms with E-state index in [1.54, 1.807) is 12.1 Å². The second-order valence-corrected chi connectivity index (χ2v) is 6.29. The average molecular weight is 316 g/mol. The Kier molecular flexibility index (Phi) is 3.77. The third-order valence-electron chi connectivity index (χ3n) is 4.66. The van der Waals surface area contributed by atoms with E-state index in [2.05, 4.69) is 15.5 Å². The van der Waals surface area contributed by atoms with Crippen molar-refractivity contribution in [3.63, 3.8) is 0 Å². The highest BCUT2D eigenvalue weighted by atomic mass is 16.4. The zero-order valence-corrected chi connectivity index (χ0v) is 12.9. The first-order valence-electron chi connectivity index (χ1n) is 8.22. The van der Waals surface area contributed by atoms with Crippen LogP contribution in [0.4, 0.5) is 6.01 Å². The highest BCUT2D eigenvalue weighted by Gasteiger charge is 2.28. The molecular weight excluding hydrogens is 296 g/mol. The van der Waals surface area contributed by atoms with Gasteiger partial charge >= 0.3 is 6.01 Å². The van der Waals surface area contributed by atoms with Crippen LogP contribution in [0.5, 0.6) is 0 Å². The lowest BCUT2D eigenvalue weighted by atomic mass is 9.85. The molecule has 0 unspecified atom stereocenters. The molecule has 122 valence electrons. The SMILES string of the molecule is O=C(c1ccco1)N1CCC[C@H](Nc2nnc(C3CCC3)o2)C1. The smallest absolute Gasteiger partial charge is 0.315 e. The van der Waals surface area contributed by atoms with E-state index in [1.807, 2.05) is 4.90 Å². The number of anilines is 1. The monoisotopic (exact) mass is 316 g/mol. The van der Waals surface area contributed by atoms with E-state index in [4.69, 9.17) is 8.83 Å². The van der Waals surface area contributed by atoms with E-state index in [-0.39, 0.29) is 11.9 Å². The lowest BCUT2D eigenvalue weighted by Crippen LogP contribution is -2.45. The van der Waals surface area contributed by atoms with Crippen LogP contribution in [0.3, 0.4) is 0 Å². The fraction of sp³-hybridized carbons (Fsp3) is 0.562. The van der Waals surface area contributed by atoms with Crippen molar-refractivity contribution in [1.29, 1.82) is 0 Å². The fourth-order valence-corrected chi connectivity index (χ4v) is 3.12. The number of amides is 1. The van der Waals surface area contributed by atoms with Crippen LogP contribution in [0, 0.1) is 0 Å². The van der Waals surface area contributed by atoms with Crippen LogP contribution in [0.1, 0.15) is 54.5 Å². The van der Waals surface area contributed by atoms with Gasteiger partial charge in [-0.1, -0.05) is 11.5 Å². The van der Waals surface area contributed by atoms with Crippen LogP contribution in [0.2, 0.25) is 0 Å². The summed E-state index contributed by atoms with van der Waals surface area (Å²) in [7, 11) is 0. The van der Waals surface area contributed by atoms with Gasteiger partial charge in [0.2, 0.25) is 5.89 Å². The molecule has 1 amide bonds. The normalized spacial score (nSPS) is 21.9. The zero-order valence-electron chi connectivity index (χ0n) is 12.9. The van der Waals surface area contributed by atoms with Crippen LogP contribution in [0.25, 0.3) is 0 Å². The number of carbonyl (C=O) groups is 1. The molecule has 0 spiro atoms. The Hall–Kier alpha value is -2.31. The van der Waals surface area contributed by atoms with Gasteiger partial charge in [-0.25, -0.2) is 0 Å². The molecule has 0 radical (unpaired) electrons. The number of likely N-dealkylation sites (tertiary alicyclic amines) is 1. The Bertz CT molecular complexity index is 663. The maximum atomic E-state index is 12.4. The molecule has 1 N–H and O–H groups in total. The Morgan fingerprint density at radius 2 is 2.17 bits per heavy atom. The fourth-order valence-electron chi connectivity index (χ4n) is 3.12. The molecule has 3 heterocycles. The van der Waals surface area contributed by atoms with Gasteiger partial charge < -0.3 is 19.1 Å². The number of nitrogens with zero attached hydrogens (tertiary/aromatic N) is 3. The minimum absolute atomic E-state index is 0.0674. The second-order valence-electron chi connectivity index (χ2n) is 6.29. The third kappa shape index (κ3) is 2.95. The van der Waals surface area contributed by atoms with E-state index >= 15 is 0 Å². The van der Waals surface area contributed by atoms with Crippen molar-refractivity contribution in [2.75, 3.05) is 18.4 Å². The van der Waals surface area contributed by atoms with Crippen LogP contribution in [-0.4, -0.2) is 40.1 Å². The van der Waals surface area contributed by atoms with Gasteiger partial charge in [-0.05, 0) is 37.8 Å². The van der Waals surface area contributed by atoms with Gasteiger partial charge in [0.15, 0.2) is 5.76 Å². The molecule has 1 aliphatic carbocycles. The molecule has 1 atom stereocenters. The number of hydrogen-bond acceptors (Lipinski definition) is 6. The predicted molar refractivity (Wildman–Crippen MR) is 82.1 cm³/mol. The van der Waals surface area contributed by atoms with E-state index in [0.717, 1.165) is 38.1 Å². The first kappa shape index (κ1) is 14.3. The number of piperidine rings is 1. The summed E-state index contributed by atoms with van der Waals surface area (Å²) in [6.45, 7) is 1.36. The van der Waals surface area contributed by atoms with Crippen LogP contribution in [0.15, 0.2) is 27.2 Å². The van der Waals surface area contributed by atoms with E-state index in [9.17, 15) is 4.79 Å². The zero-order chi connectivity index (χ0) is 15.6. The molecule has 1 aliphatic heterocycles. The van der Waals surface area contributed by atoms with Gasteiger partial charge in [-0.3, -0.25) is 4.79 Å². The van der Waals surface area contributed by atoms with E-state index < -0.39 is 0 Å². The van der Waals surface area contributed by atoms with Gasteiger partial charge in [-0.15, -0.1) is 5.10 Å². The maximum Gasteiger partial charge on any atom is 0.315 e. The largest absolute Gasteiger partial charge is 0.459 e. The second kappa shape index (κ2) is 6.06. The number of hydrogen-bond donors (Lipinski definition) is 1. The maximum absolute atomic E-state index is 12.4. The summed E-state index contributed by atoms with van der Waals surface area (Å²) in [6.07, 6.45) is 6.94. The van der Waals surface area contributed by atoms with Crippen LogP contribution < -0.4 is 5.32 Å². The van der Waals surface area contributed by atoms with Crippen molar-refractivity contribution >= 4 is 11.9 Å². The molecule has 1 saturated heterocycles. The van der Waals surface area contributed by atoms with Crippen LogP contribution in [-0.2, 0) is 0 Å². The number of carbonyl (C=O) groups excluding carboxylic acids is 1. The number of furan rings is 1. The van der Waals surface area contributed by atoms with Crippen molar-refractivity contribution in [1.82, 2.24) is 15.1 Å². The molecule has 1 saturated carbocycles. The Morgan fingerprint density at radius 1 is 1.26 bits per heavy atom. The number of nitrogens with one attached hydrogen (secondary N) is 1. The Morgan fingerprint density at radius 3 is 2.91 bits per heavy atom. The molecule has 4 rings (SSSR count). The molecule has 2 fully saturated rings. The highest BCUT2D eigenvalue weighted by molar-refractivity contribution is 5.91. The van der Waals surface area contributed by atoms with E-state index in [0.29, 0.717) is 24.2 Å². The third-order valence-corrected chi connectivity index (χ3v) is 4.66. The molecule has 2 aliphatic rings. The predicted octanol–water partition coefficient (Wildman–Crippen LogP) is 2.65. The van der Waals surface area contributed by atoms with Gasteiger partial charge in [0.1, 0.15) is 0 Å².